The summed E-state index contributed by atoms with van der Waals surface area (Å²) in [4.78, 5) is 33.6. The fourth-order valence-corrected chi connectivity index (χ4v) is 4.26. The maximum atomic E-state index is 12.4. The minimum atomic E-state index is -0.215. The Labute approximate surface area is 167 Å². The minimum absolute atomic E-state index is 0.0242. The number of hydrogen-bond acceptors (Lipinski definition) is 5. The summed E-state index contributed by atoms with van der Waals surface area (Å²) in [6, 6.07) is 7.73. The third-order valence-electron chi connectivity index (χ3n) is 4.90. The van der Waals surface area contributed by atoms with Gasteiger partial charge in [0.1, 0.15) is 4.88 Å². The van der Waals surface area contributed by atoms with Gasteiger partial charge in [-0.2, -0.15) is 0 Å². The highest BCUT2D eigenvalue weighted by Crippen LogP contribution is 2.41. The fourth-order valence-electron chi connectivity index (χ4n) is 3.13. The number of rotatable bonds is 5. The van der Waals surface area contributed by atoms with Crippen LogP contribution in [0.15, 0.2) is 30.5 Å². The molecular formula is C19H21ClN4O2S. The van der Waals surface area contributed by atoms with E-state index in [0.29, 0.717) is 28.9 Å². The van der Waals surface area contributed by atoms with Gasteiger partial charge >= 0.3 is 0 Å². The largest absolute Gasteiger partial charge is 0.368 e. The first kappa shape index (κ1) is 18.3. The zero-order valence-corrected chi connectivity index (χ0v) is 16.4. The molecule has 2 aliphatic rings. The summed E-state index contributed by atoms with van der Waals surface area (Å²) in [5.74, 6) is 0.272. The predicted molar refractivity (Wildman–Crippen MR) is 107 cm³/mol. The molecule has 0 atom stereocenters. The normalized spacial score (nSPS) is 17.1. The van der Waals surface area contributed by atoms with Crippen molar-refractivity contribution in [2.75, 3.05) is 37.6 Å². The van der Waals surface area contributed by atoms with E-state index in [4.69, 9.17) is 11.6 Å². The number of halogens is 1. The molecule has 2 heterocycles. The lowest BCUT2D eigenvalue weighted by molar-refractivity contribution is -0.130. The van der Waals surface area contributed by atoms with E-state index in [1.165, 1.54) is 11.3 Å². The predicted octanol–water partition coefficient (Wildman–Crippen LogP) is 2.75. The van der Waals surface area contributed by atoms with Crippen LogP contribution in [-0.2, 0) is 4.79 Å². The highest BCUT2D eigenvalue weighted by atomic mass is 35.5. The van der Waals surface area contributed by atoms with Gasteiger partial charge in [0.15, 0.2) is 0 Å². The second-order valence-electron chi connectivity index (χ2n) is 6.86. The van der Waals surface area contributed by atoms with E-state index in [1.807, 2.05) is 24.3 Å². The quantitative estimate of drug-likeness (QED) is 0.832. The SMILES string of the molecule is O=C(NCC(=O)N1CCN(c2ccc(Cl)cc2)CC1)c1cnc(C2CC2)s1. The van der Waals surface area contributed by atoms with Crippen LogP contribution in [0.2, 0.25) is 5.02 Å². The van der Waals surface area contributed by atoms with E-state index in [-0.39, 0.29) is 18.4 Å². The average molecular weight is 405 g/mol. The molecule has 0 radical (unpaired) electrons. The second-order valence-corrected chi connectivity index (χ2v) is 8.36. The first-order chi connectivity index (χ1) is 13.1. The van der Waals surface area contributed by atoms with Crippen LogP contribution in [0, 0.1) is 0 Å². The molecule has 142 valence electrons. The molecule has 0 bridgehead atoms. The Hall–Kier alpha value is -2.12. The molecule has 0 spiro atoms. The monoisotopic (exact) mass is 404 g/mol. The van der Waals surface area contributed by atoms with E-state index >= 15 is 0 Å². The molecule has 1 saturated carbocycles. The van der Waals surface area contributed by atoms with Crippen molar-refractivity contribution in [2.24, 2.45) is 0 Å². The number of nitrogens with one attached hydrogen (secondary N) is 1. The van der Waals surface area contributed by atoms with Gasteiger partial charge in [0.25, 0.3) is 5.91 Å². The summed E-state index contributed by atoms with van der Waals surface area (Å²) in [6.45, 7) is 2.84. The molecule has 4 rings (SSSR count). The molecule has 1 aromatic carbocycles. The van der Waals surface area contributed by atoms with Crippen molar-refractivity contribution in [1.82, 2.24) is 15.2 Å². The van der Waals surface area contributed by atoms with E-state index in [9.17, 15) is 9.59 Å². The smallest absolute Gasteiger partial charge is 0.263 e. The summed E-state index contributed by atoms with van der Waals surface area (Å²) in [6.07, 6.45) is 3.94. The zero-order chi connectivity index (χ0) is 18.8. The molecule has 2 amide bonds. The Morgan fingerprint density at radius 2 is 1.85 bits per heavy atom. The third kappa shape index (κ3) is 4.42. The lowest BCUT2D eigenvalue weighted by Gasteiger charge is -2.36. The van der Waals surface area contributed by atoms with Gasteiger partial charge in [-0.15, -0.1) is 11.3 Å². The number of carbonyl (C=O) groups is 2. The summed E-state index contributed by atoms with van der Waals surface area (Å²) < 4.78 is 0. The van der Waals surface area contributed by atoms with Crippen molar-refractivity contribution >= 4 is 40.4 Å². The Balaban J connectivity index is 1.24. The molecule has 6 nitrogen and oxygen atoms in total. The van der Waals surface area contributed by atoms with E-state index in [1.54, 1.807) is 11.1 Å². The minimum Gasteiger partial charge on any atom is -0.368 e. The first-order valence-corrected chi connectivity index (χ1v) is 10.3. The second kappa shape index (κ2) is 7.86. The number of hydrogen-bond donors (Lipinski definition) is 1. The number of anilines is 1. The van der Waals surface area contributed by atoms with Crippen molar-refractivity contribution < 1.29 is 9.59 Å². The van der Waals surface area contributed by atoms with Gasteiger partial charge in [0, 0.05) is 42.8 Å². The summed E-state index contributed by atoms with van der Waals surface area (Å²) in [5, 5.41) is 4.48. The topological polar surface area (TPSA) is 65.5 Å². The number of piperazine rings is 1. The first-order valence-electron chi connectivity index (χ1n) is 9.12. The maximum Gasteiger partial charge on any atom is 0.263 e. The van der Waals surface area contributed by atoms with Gasteiger partial charge in [-0.25, -0.2) is 4.98 Å². The Kier molecular flexibility index (Phi) is 5.31. The van der Waals surface area contributed by atoms with Crippen LogP contribution in [0.3, 0.4) is 0 Å². The summed E-state index contributed by atoms with van der Waals surface area (Å²) in [5.41, 5.74) is 1.11. The Bertz CT molecular complexity index is 826. The van der Waals surface area contributed by atoms with Gasteiger partial charge in [-0.05, 0) is 37.1 Å². The molecule has 2 fully saturated rings. The van der Waals surface area contributed by atoms with Crippen LogP contribution >= 0.6 is 22.9 Å². The Morgan fingerprint density at radius 1 is 1.15 bits per heavy atom. The zero-order valence-electron chi connectivity index (χ0n) is 14.9. The molecule has 1 aliphatic heterocycles. The van der Waals surface area contributed by atoms with Gasteiger partial charge in [-0.3, -0.25) is 9.59 Å². The van der Waals surface area contributed by atoms with Crippen molar-refractivity contribution in [2.45, 2.75) is 18.8 Å². The molecule has 0 unspecified atom stereocenters. The Morgan fingerprint density at radius 3 is 2.52 bits per heavy atom. The van der Waals surface area contributed by atoms with E-state index < -0.39 is 0 Å². The summed E-state index contributed by atoms with van der Waals surface area (Å²) >= 11 is 7.36. The van der Waals surface area contributed by atoms with Crippen LogP contribution in [0.1, 0.15) is 33.4 Å². The fraction of sp³-hybridized carbons (Fsp3) is 0.421. The number of nitrogens with zero attached hydrogens (tertiary/aromatic N) is 3. The molecule has 1 N–H and O–H groups in total. The van der Waals surface area contributed by atoms with Gasteiger partial charge < -0.3 is 15.1 Å². The van der Waals surface area contributed by atoms with Crippen molar-refractivity contribution in [3.05, 3.63) is 45.4 Å². The van der Waals surface area contributed by atoms with Crippen molar-refractivity contribution in [1.29, 1.82) is 0 Å². The lowest BCUT2D eigenvalue weighted by atomic mass is 10.2. The number of thiazole rings is 1. The van der Waals surface area contributed by atoms with Crippen LogP contribution in [0.5, 0.6) is 0 Å². The molecular weight excluding hydrogens is 384 g/mol. The average Bonchev–Trinajstić information content (AvgIpc) is 3.43. The molecule has 1 saturated heterocycles. The standard InChI is InChI=1S/C19H21ClN4O2S/c20-14-3-5-15(6-4-14)23-7-9-24(10-8-23)17(25)12-21-18(26)16-11-22-19(27-16)13-1-2-13/h3-6,11,13H,1-2,7-10,12H2,(H,21,26). The number of benzene rings is 1. The van der Waals surface area contributed by atoms with Crippen LogP contribution in [-0.4, -0.2) is 54.4 Å². The lowest BCUT2D eigenvalue weighted by Crippen LogP contribution is -2.51. The molecule has 2 aromatic rings. The molecule has 27 heavy (non-hydrogen) atoms. The molecule has 8 heteroatoms. The highest BCUT2D eigenvalue weighted by molar-refractivity contribution is 7.13. The van der Waals surface area contributed by atoms with Gasteiger partial charge in [0.05, 0.1) is 17.7 Å². The van der Waals surface area contributed by atoms with Gasteiger partial charge in [0.2, 0.25) is 5.91 Å². The van der Waals surface area contributed by atoms with E-state index in [2.05, 4.69) is 15.2 Å². The number of carbonyl (C=O) groups excluding carboxylic acids is 2. The highest BCUT2D eigenvalue weighted by Gasteiger charge is 2.28. The van der Waals surface area contributed by atoms with E-state index in [0.717, 1.165) is 36.6 Å². The molecule has 1 aromatic heterocycles. The van der Waals surface area contributed by atoms with Gasteiger partial charge in [-0.1, -0.05) is 11.6 Å². The van der Waals surface area contributed by atoms with Crippen LogP contribution in [0.25, 0.3) is 0 Å². The maximum absolute atomic E-state index is 12.4. The van der Waals surface area contributed by atoms with Crippen molar-refractivity contribution in [3.63, 3.8) is 0 Å². The van der Waals surface area contributed by atoms with Crippen LogP contribution < -0.4 is 10.2 Å². The third-order valence-corrected chi connectivity index (χ3v) is 6.31. The van der Waals surface area contributed by atoms with Crippen LogP contribution in [0.4, 0.5) is 5.69 Å². The van der Waals surface area contributed by atoms with Crippen molar-refractivity contribution in [3.8, 4) is 0 Å². The number of aromatic nitrogens is 1. The molecule has 1 aliphatic carbocycles. The number of amides is 2. The summed E-state index contributed by atoms with van der Waals surface area (Å²) in [7, 11) is 0.